The van der Waals surface area contributed by atoms with Crippen molar-refractivity contribution in [2.75, 3.05) is 50.2 Å². The van der Waals surface area contributed by atoms with Crippen molar-refractivity contribution < 1.29 is 14.6 Å². The molecule has 134 valence electrons. The summed E-state index contributed by atoms with van der Waals surface area (Å²) in [7, 11) is 4.07. The third-order valence-electron chi connectivity index (χ3n) is 5.02. The Morgan fingerprint density at radius 2 is 1.83 bits per heavy atom. The van der Waals surface area contributed by atoms with Crippen LogP contribution >= 0.6 is 0 Å². The number of hydrogen-bond donors (Lipinski definition) is 1. The summed E-state index contributed by atoms with van der Waals surface area (Å²) in [6.45, 7) is 5.82. The van der Waals surface area contributed by atoms with Gasteiger partial charge < -0.3 is 19.6 Å². The Labute approximate surface area is 143 Å². The average molecular weight is 336 g/mol. The van der Waals surface area contributed by atoms with E-state index in [-0.39, 0.29) is 6.47 Å². The van der Waals surface area contributed by atoms with Crippen LogP contribution in [0.25, 0.3) is 0 Å². The molecule has 2 saturated heterocycles. The molecule has 3 heterocycles. The number of rotatable bonds is 2. The monoisotopic (exact) mass is 336 g/mol. The number of anilines is 2. The van der Waals surface area contributed by atoms with Gasteiger partial charge in [0.2, 0.25) is 5.95 Å². The van der Waals surface area contributed by atoms with Crippen molar-refractivity contribution in [3.63, 3.8) is 0 Å². The highest BCUT2D eigenvalue weighted by molar-refractivity contribution is 5.48. The van der Waals surface area contributed by atoms with Crippen LogP contribution in [0.15, 0.2) is 6.20 Å². The first-order valence-corrected chi connectivity index (χ1v) is 8.43. The van der Waals surface area contributed by atoms with Crippen molar-refractivity contribution in [1.82, 2.24) is 9.97 Å². The van der Waals surface area contributed by atoms with Gasteiger partial charge in [-0.05, 0) is 38.0 Å². The van der Waals surface area contributed by atoms with Crippen molar-refractivity contribution >= 4 is 18.2 Å². The number of hydrogen-bond acceptors (Lipinski definition) is 6. The zero-order valence-electron chi connectivity index (χ0n) is 14.9. The SMILES string of the molecule is Cc1cnc(N2CCC3(CCOCC3)CC2)nc1N(C)C.O=CO. The van der Waals surface area contributed by atoms with E-state index in [9.17, 15) is 0 Å². The number of piperidine rings is 1. The van der Waals surface area contributed by atoms with Crippen molar-refractivity contribution in [1.29, 1.82) is 0 Å². The lowest BCUT2D eigenvalue weighted by Crippen LogP contribution is -2.43. The Morgan fingerprint density at radius 3 is 2.38 bits per heavy atom. The molecule has 0 aromatic carbocycles. The second kappa shape index (κ2) is 8.28. The van der Waals surface area contributed by atoms with Gasteiger partial charge in [-0.15, -0.1) is 0 Å². The molecular formula is C17H28N4O3. The van der Waals surface area contributed by atoms with Crippen molar-refractivity contribution in [3.05, 3.63) is 11.8 Å². The number of aryl methyl sites for hydroxylation is 1. The van der Waals surface area contributed by atoms with Crippen LogP contribution in [0.1, 0.15) is 31.2 Å². The second-order valence-electron chi connectivity index (χ2n) is 6.78. The fourth-order valence-electron chi connectivity index (χ4n) is 3.51. The smallest absolute Gasteiger partial charge is 0.290 e. The van der Waals surface area contributed by atoms with Gasteiger partial charge >= 0.3 is 0 Å². The van der Waals surface area contributed by atoms with Gasteiger partial charge in [0.15, 0.2) is 0 Å². The predicted molar refractivity (Wildman–Crippen MR) is 93.7 cm³/mol. The summed E-state index contributed by atoms with van der Waals surface area (Å²) in [6.07, 6.45) is 6.86. The Balaban J connectivity index is 0.000000647. The quantitative estimate of drug-likeness (QED) is 0.827. The van der Waals surface area contributed by atoms with Gasteiger partial charge in [0.1, 0.15) is 5.82 Å². The molecule has 2 aliphatic rings. The number of ether oxygens (including phenoxy) is 1. The molecule has 1 aromatic heterocycles. The van der Waals surface area contributed by atoms with E-state index in [4.69, 9.17) is 19.6 Å². The fourth-order valence-corrected chi connectivity index (χ4v) is 3.51. The molecule has 7 nitrogen and oxygen atoms in total. The van der Waals surface area contributed by atoms with Crippen LogP contribution in [0, 0.1) is 12.3 Å². The van der Waals surface area contributed by atoms with Crippen LogP contribution in [-0.2, 0) is 9.53 Å². The molecule has 3 rings (SSSR count). The van der Waals surface area contributed by atoms with Crippen LogP contribution in [0.4, 0.5) is 11.8 Å². The topological polar surface area (TPSA) is 78.8 Å². The number of aromatic nitrogens is 2. The first-order chi connectivity index (χ1) is 11.5. The Bertz CT molecular complexity index is 535. The van der Waals surface area contributed by atoms with Crippen LogP contribution in [-0.4, -0.2) is 61.9 Å². The second-order valence-corrected chi connectivity index (χ2v) is 6.78. The number of carboxylic acid groups (broad SMARTS) is 1. The fraction of sp³-hybridized carbons (Fsp3) is 0.706. The maximum atomic E-state index is 8.36. The Morgan fingerprint density at radius 1 is 1.25 bits per heavy atom. The molecule has 1 aromatic rings. The van der Waals surface area contributed by atoms with Crippen LogP contribution in [0.3, 0.4) is 0 Å². The maximum absolute atomic E-state index is 8.36. The normalized spacial score (nSPS) is 19.4. The number of nitrogens with zero attached hydrogens (tertiary/aromatic N) is 4. The Hall–Kier alpha value is -1.89. The van der Waals surface area contributed by atoms with Gasteiger partial charge in [-0.2, -0.15) is 4.98 Å². The molecule has 1 N–H and O–H groups in total. The lowest BCUT2D eigenvalue weighted by molar-refractivity contribution is -0.122. The Kier molecular flexibility index (Phi) is 6.36. The van der Waals surface area contributed by atoms with E-state index in [1.165, 1.54) is 25.7 Å². The lowest BCUT2D eigenvalue weighted by Gasteiger charge is -2.44. The third kappa shape index (κ3) is 4.35. The van der Waals surface area contributed by atoms with E-state index in [1.54, 1.807) is 0 Å². The van der Waals surface area contributed by atoms with Crippen LogP contribution in [0.2, 0.25) is 0 Å². The highest BCUT2D eigenvalue weighted by Gasteiger charge is 2.36. The number of carbonyl (C=O) groups is 1. The third-order valence-corrected chi connectivity index (χ3v) is 5.02. The van der Waals surface area contributed by atoms with Gasteiger partial charge in [-0.1, -0.05) is 0 Å². The van der Waals surface area contributed by atoms with Gasteiger partial charge in [-0.25, -0.2) is 4.98 Å². The summed E-state index contributed by atoms with van der Waals surface area (Å²) in [5.74, 6) is 1.90. The first-order valence-electron chi connectivity index (χ1n) is 8.43. The molecule has 2 aliphatic heterocycles. The zero-order chi connectivity index (χ0) is 17.6. The molecule has 0 amide bonds. The van der Waals surface area contributed by atoms with Gasteiger partial charge in [0, 0.05) is 52.2 Å². The molecule has 24 heavy (non-hydrogen) atoms. The molecule has 1 spiro atoms. The van der Waals surface area contributed by atoms with Gasteiger partial charge in [0.05, 0.1) is 0 Å². The molecule has 0 unspecified atom stereocenters. The van der Waals surface area contributed by atoms with Gasteiger partial charge in [-0.3, -0.25) is 4.79 Å². The van der Waals surface area contributed by atoms with Gasteiger partial charge in [0.25, 0.3) is 6.47 Å². The highest BCUT2D eigenvalue weighted by atomic mass is 16.5. The van der Waals surface area contributed by atoms with Crippen molar-refractivity contribution in [3.8, 4) is 0 Å². The van der Waals surface area contributed by atoms with E-state index in [0.29, 0.717) is 5.41 Å². The molecule has 0 bridgehead atoms. The first kappa shape index (κ1) is 18.4. The minimum atomic E-state index is -0.250. The van der Waals surface area contributed by atoms with Crippen LogP contribution < -0.4 is 9.80 Å². The molecule has 0 saturated carbocycles. The summed E-state index contributed by atoms with van der Waals surface area (Å²) >= 11 is 0. The van der Waals surface area contributed by atoms with E-state index in [1.807, 2.05) is 20.3 Å². The van der Waals surface area contributed by atoms with E-state index >= 15 is 0 Å². The molecular weight excluding hydrogens is 308 g/mol. The minimum absolute atomic E-state index is 0.250. The standard InChI is InChI=1S/C16H26N4O.CH2O2/c1-13-12-17-15(18-14(13)19(2)3)20-8-4-16(5-9-20)6-10-21-11-7-16;2-1-3/h12H,4-11H2,1-3H3;1H,(H,2,3). The van der Waals surface area contributed by atoms with E-state index in [2.05, 4.69) is 21.7 Å². The molecule has 0 atom stereocenters. The van der Waals surface area contributed by atoms with Crippen molar-refractivity contribution in [2.45, 2.75) is 32.6 Å². The maximum Gasteiger partial charge on any atom is 0.290 e. The summed E-state index contributed by atoms with van der Waals surface area (Å²) in [4.78, 5) is 22.0. The van der Waals surface area contributed by atoms with Crippen molar-refractivity contribution in [2.24, 2.45) is 5.41 Å². The average Bonchev–Trinajstić information content (AvgIpc) is 2.57. The molecule has 7 heteroatoms. The van der Waals surface area contributed by atoms with E-state index in [0.717, 1.165) is 43.6 Å². The highest BCUT2D eigenvalue weighted by Crippen LogP contribution is 2.41. The molecule has 0 radical (unpaired) electrons. The summed E-state index contributed by atoms with van der Waals surface area (Å²) in [6, 6.07) is 0. The largest absolute Gasteiger partial charge is 0.483 e. The zero-order valence-corrected chi connectivity index (χ0v) is 14.9. The van der Waals surface area contributed by atoms with E-state index < -0.39 is 0 Å². The predicted octanol–water partition coefficient (Wildman–Crippen LogP) is 1.95. The lowest BCUT2D eigenvalue weighted by atomic mass is 9.72. The minimum Gasteiger partial charge on any atom is -0.483 e. The summed E-state index contributed by atoms with van der Waals surface area (Å²) in [5.41, 5.74) is 1.64. The molecule has 2 fully saturated rings. The molecule has 0 aliphatic carbocycles. The van der Waals surface area contributed by atoms with Crippen LogP contribution in [0.5, 0.6) is 0 Å². The summed E-state index contributed by atoms with van der Waals surface area (Å²) in [5, 5.41) is 6.89. The summed E-state index contributed by atoms with van der Waals surface area (Å²) < 4.78 is 5.52.